The Kier molecular flexibility index (Phi) is 4.26. The molecule has 4 nitrogen and oxygen atoms in total. The summed E-state index contributed by atoms with van der Waals surface area (Å²) in [4.78, 5) is 0. The number of nitrogens with one attached hydrogen (secondary N) is 1. The second-order valence-corrected chi connectivity index (χ2v) is 4.99. The third-order valence-electron chi connectivity index (χ3n) is 3.28. The van der Waals surface area contributed by atoms with Crippen molar-refractivity contribution >= 4 is 0 Å². The largest absolute Gasteiger partial charge is 0.490 e. The van der Waals surface area contributed by atoms with E-state index in [0.29, 0.717) is 13.2 Å². The van der Waals surface area contributed by atoms with Gasteiger partial charge in [0.15, 0.2) is 17.6 Å². The minimum atomic E-state index is -0.0899. The molecule has 110 valence electrons. The van der Waals surface area contributed by atoms with Crippen molar-refractivity contribution in [3.05, 3.63) is 54.1 Å². The van der Waals surface area contributed by atoms with Gasteiger partial charge in [0.2, 0.25) is 0 Å². The molecular formula is C17H19NO3. The Morgan fingerprint density at radius 3 is 2.86 bits per heavy atom. The molecule has 3 rings (SSSR count). The molecule has 1 unspecified atom stereocenters. The minimum Gasteiger partial charge on any atom is -0.490 e. The SMILES string of the molecule is CNCc1cccc(OCC2COc3ccccc3O2)c1. The summed E-state index contributed by atoms with van der Waals surface area (Å²) < 4.78 is 17.4. The summed E-state index contributed by atoms with van der Waals surface area (Å²) in [5.41, 5.74) is 1.20. The molecule has 1 aliphatic heterocycles. The predicted molar refractivity (Wildman–Crippen MR) is 81.1 cm³/mol. The Balaban J connectivity index is 1.58. The average molecular weight is 285 g/mol. The van der Waals surface area contributed by atoms with Gasteiger partial charge in [0.05, 0.1) is 0 Å². The molecule has 0 radical (unpaired) electrons. The van der Waals surface area contributed by atoms with E-state index in [1.54, 1.807) is 0 Å². The molecule has 0 amide bonds. The molecule has 0 spiro atoms. The van der Waals surface area contributed by atoms with E-state index in [9.17, 15) is 0 Å². The lowest BCUT2D eigenvalue weighted by molar-refractivity contribution is 0.0535. The molecule has 2 aromatic carbocycles. The standard InChI is InChI=1S/C17H19NO3/c1-18-10-13-5-4-6-14(9-13)19-11-15-12-20-16-7-2-3-8-17(16)21-15/h2-9,15,18H,10-12H2,1H3. The van der Waals surface area contributed by atoms with Crippen molar-refractivity contribution in [2.75, 3.05) is 20.3 Å². The van der Waals surface area contributed by atoms with Crippen LogP contribution >= 0.6 is 0 Å². The maximum atomic E-state index is 5.87. The summed E-state index contributed by atoms with van der Waals surface area (Å²) in [6, 6.07) is 15.8. The van der Waals surface area contributed by atoms with Gasteiger partial charge >= 0.3 is 0 Å². The first-order valence-electron chi connectivity index (χ1n) is 7.10. The first-order chi connectivity index (χ1) is 10.3. The maximum absolute atomic E-state index is 5.87. The van der Waals surface area contributed by atoms with Crippen LogP contribution in [-0.4, -0.2) is 26.4 Å². The van der Waals surface area contributed by atoms with Crippen molar-refractivity contribution in [2.24, 2.45) is 0 Å². The van der Waals surface area contributed by atoms with E-state index in [0.717, 1.165) is 23.8 Å². The lowest BCUT2D eigenvalue weighted by Crippen LogP contribution is -2.34. The molecule has 0 aliphatic carbocycles. The van der Waals surface area contributed by atoms with Crippen LogP contribution in [0.4, 0.5) is 0 Å². The number of hydrogen-bond donors (Lipinski definition) is 1. The van der Waals surface area contributed by atoms with Gasteiger partial charge in [-0.05, 0) is 36.9 Å². The zero-order valence-electron chi connectivity index (χ0n) is 12.0. The highest BCUT2D eigenvalue weighted by molar-refractivity contribution is 5.40. The summed E-state index contributed by atoms with van der Waals surface area (Å²) in [5, 5.41) is 3.13. The van der Waals surface area contributed by atoms with E-state index in [4.69, 9.17) is 14.2 Å². The fourth-order valence-electron chi connectivity index (χ4n) is 2.28. The number of benzene rings is 2. The predicted octanol–water partition coefficient (Wildman–Crippen LogP) is 2.62. The smallest absolute Gasteiger partial charge is 0.166 e. The van der Waals surface area contributed by atoms with Crippen LogP contribution in [0.2, 0.25) is 0 Å². The first kappa shape index (κ1) is 13.8. The van der Waals surface area contributed by atoms with Crippen LogP contribution in [0.5, 0.6) is 17.2 Å². The third kappa shape index (κ3) is 3.47. The summed E-state index contributed by atoms with van der Waals surface area (Å²) in [5.74, 6) is 2.43. The van der Waals surface area contributed by atoms with E-state index in [-0.39, 0.29) is 6.10 Å². The van der Waals surface area contributed by atoms with Crippen molar-refractivity contribution < 1.29 is 14.2 Å². The number of rotatable bonds is 5. The van der Waals surface area contributed by atoms with Gasteiger partial charge in [0, 0.05) is 6.54 Å². The number of fused-ring (bicyclic) bond motifs is 1. The van der Waals surface area contributed by atoms with Crippen molar-refractivity contribution in [2.45, 2.75) is 12.6 Å². The molecular weight excluding hydrogens is 266 g/mol. The molecule has 1 aliphatic rings. The van der Waals surface area contributed by atoms with E-state index < -0.39 is 0 Å². The van der Waals surface area contributed by atoms with Gasteiger partial charge in [-0.3, -0.25) is 0 Å². The molecule has 1 atom stereocenters. The second-order valence-electron chi connectivity index (χ2n) is 4.99. The Morgan fingerprint density at radius 2 is 2.00 bits per heavy atom. The highest BCUT2D eigenvalue weighted by Gasteiger charge is 2.21. The van der Waals surface area contributed by atoms with Gasteiger partial charge in [0.25, 0.3) is 0 Å². The third-order valence-corrected chi connectivity index (χ3v) is 3.28. The molecule has 0 bridgehead atoms. The molecule has 1 N–H and O–H groups in total. The van der Waals surface area contributed by atoms with Crippen LogP contribution in [0, 0.1) is 0 Å². The van der Waals surface area contributed by atoms with Gasteiger partial charge in [-0.25, -0.2) is 0 Å². The van der Waals surface area contributed by atoms with Crippen LogP contribution in [0.3, 0.4) is 0 Å². The quantitative estimate of drug-likeness (QED) is 0.916. The number of hydrogen-bond acceptors (Lipinski definition) is 4. The van der Waals surface area contributed by atoms with Gasteiger partial charge in [-0.2, -0.15) is 0 Å². The molecule has 0 aromatic heterocycles. The summed E-state index contributed by atoms with van der Waals surface area (Å²) >= 11 is 0. The molecule has 1 heterocycles. The molecule has 21 heavy (non-hydrogen) atoms. The molecule has 0 saturated heterocycles. The van der Waals surface area contributed by atoms with Crippen LogP contribution in [0.1, 0.15) is 5.56 Å². The molecule has 0 saturated carbocycles. The van der Waals surface area contributed by atoms with E-state index in [1.165, 1.54) is 5.56 Å². The molecule has 2 aromatic rings. The van der Waals surface area contributed by atoms with Gasteiger partial charge in [-0.15, -0.1) is 0 Å². The minimum absolute atomic E-state index is 0.0899. The van der Waals surface area contributed by atoms with E-state index in [1.807, 2.05) is 49.5 Å². The van der Waals surface area contributed by atoms with Crippen molar-refractivity contribution in [1.29, 1.82) is 0 Å². The van der Waals surface area contributed by atoms with Crippen LogP contribution in [0.25, 0.3) is 0 Å². The summed E-state index contributed by atoms with van der Waals surface area (Å²) in [6.07, 6.45) is -0.0899. The zero-order chi connectivity index (χ0) is 14.5. The highest BCUT2D eigenvalue weighted by Crippen LogP contribution is 2.31. The Morgan fingerprint density at radius 1 is 1.14 bits per heavy atom. The van der Waals surface area contributed by atoms with Crippen LogP contribution in [-0.2, 0) is 6.54 Å². The van der Waals surface area contributed by atoms with Crippen molar-refractivity contribution in [1.82, 2.24) is 5.32 Å². The van der Waals surface area contributed by atoms with Crippen LogP contribution in [0.15, 0.2) is 48.5 Å². The molecule has 4 heteroatoms. The van der Waals surface area contributed by atoms with Gasteiger partial charge in [0.1, 0.15) is 19.0 Å². The normalized spacial score (nSPS) is 16.5. The summed E-state index contributed by atoms with van der Waals surface area (Å²) in [7, 11) is 1.93. The van der Waals surface area contributed by atoms with Crippen molar-refractivity contribution in [3.63, 3.8) is 0 Å². The molecule has 0 fully saturated rings. The average Bonchev–Trinajstić information content (AvgIpc) is 2.53. The Labute approximate surface area is 124 Å². The number of ether oxygens (including phenoxy) is 3. The fourth-order valence-corrected chi connectivity index (χ4v) is 2.28. The lowest BCUT2D eigenvalue weighted by atomic mass is 10.2. The fraction of sp³-hybridized carbons (Fsp3) is 0.294. The van der Waals surface area contributed by atoms with Gasteiger partial charge < -0.3 is 19.5 Å². The van der Waals surface area contributed by atoms with Crippen LogP contribution < -0.4 is 19.5 Å². The zero-order valence-corrected chi connectivity index (χ0v) is 12.0. The monoisotopic (exact) mass is 285 g/mol. The first-order valence-corrected chi connectivity index (χ1v) is 7.10. The van der Waals surface area contributed by atoms with Crippen molar-refractivity contribution in [3.8, 4) is 17.2 Å². The lowest BCUT2D eigenvalue weighted by Gasteiger charge is -2.26. The summed E-state index contributed by atoms with van der Waals surface area (Å²) in [6.45, 7) is 1.80. The second kappa shape index (κ2) is 6.50. The van der Waals surface area contributed by atoms with E-state index >= 15 is 0 Å². The Hall–Kier alpha value is -2.20. The highest BCUT2D eigenvalue weighted by atomic mass is 16.6. The topological polar surface area (TPSA) is 39.7 Å². The number of para-hydroxylation sites is 2. The maximum Gasteiger partial charge on any atom is 0.166 e. The Bertz CT molecular complexity index is 600. The van der Waals surface area contributed by atoms with Gasteiger partial charge in [-0.1, -0.05) is 24.3 Å². The van der Waals surface area contributed by atoms with E-state index in [2.05, 4.69) is 11.4 Å².